The first-order chi connectivity index (χ1) is 16.4. The molecule has 0 heterocycles. The van der Waals surface area contributed by atoms with Crippen molar-refractivity contribution < 1.29 is 33.4 Å². The van der Waals surface area contributed by atoms with E-state index in [0.29, 0.717) is 0 Å². The Morgan fingerprint density at radius 3 is 2.03 bits per heavy atom. The van der Waals surface area contributed by atoms with Gasteiger partial charge < -0.3 is 24.8 Å². The number of nitrogens with one attached hydrogen (secondary N) is 2. The summed E-state index contributed by atoms with van der Waals surface area (Å²) in [6, 6.07) is 16.1. The number of carbonyl (C=O) groups excluding carboxylic acids is 4. The maximum Gasteiger partial charge on any atom is 0.408 e. The zero-order valence-corrected chi connectivity index (χ0v) is 19.1. The van der Waals surface area contributed by atoms with Gasteiger partial charge in [0.25, 0.3) is 0 Å². The normalized spacial score (nSPS) is 12.3. The third kappa shape index (κ3) is 9.15. The van der Waals surface area contributed by atoms with Gasteiger partial charge in [-0.2, -0.15) is 0 Å². The molecule has 0 saturated heterocycles. The molecule has 2 rings (SSSR count). The summed E-state index contributed by atoms with van der Waals surface area (Å²) in [5, 5.41) is 5.14. The van der Waals surface area contributed by atoms with Crippen molar-refractivity contribution in [1.29, 1.82) is 0 Å². The molecule has 0 spiro atoms. The first kappa shape index (κ1) is 26.1. The molecule has 180 valence electrons. The number of rotatable bonds is 11. The summed E-state index contributed by atoms with van der Waals surface area (Å²) in [7, 11) is 2.41. The van der Waals surface area contributed by atoms with Gasteiger partial charge in [0, 0.05) is 12.5 Å². The number of benzene rings is 2. The number of hydrogen-bond acceptors (Lipinski definition) is 7. The summed E-state index contributed by atoms with van der Waals surface area (Å²) in [6.07, 6.45) is 1.91. The second-order valence-electron chi connectivity index (χ2n) is 7.19. The van der Waals surface area contributed by atoms with Crippen LogP contribution in [-0.2, 0) is 41.6 Å². The maximum absolute atomic E-state index is 13.0. The fourth-order valence-electron chi connectivity index (χ4n) is 2.96. The highest BCUT2D eigenvalue weighted by molar-refractivity contribution is 5.90. The summed E-state index contributed by atoms with van der Waals surface area (Å²) in [5.74, 6) is -1.91. The van der Waals surface area contributed by atoms with Crippen molar-refractivity contribution >= 4 is 23.9 Å². The molecule has 0 bridgehead atoms. The fraction of sp³-hybridized carbons (Fsp3) is 0.280. The molecule has 2 N–H and O–H groups in total. The van der Waals surface area contributed by atoms with Crippen LogP contribution in [0.3, 0.4) is 0 Å². The predicted molar refractivity (Wildman–Crippen MR) is 123 cm³/mol. The lowest BCUT2D eigenvalue weighted by Gasteiger charge is -2.21. The largest absolute Gasteiger partial charge is 0.467 e. The summed E-state index contributed by atoms with van der Waals surface area (Å²) in [4.78, 5) is 48.9. The maximum atomic E-state index is 13.0. The topological polar surface area (TPSA) is 120 Å². The van der Waals surface area contributed by atoms with Gasteiger partial charge >= 0.3 is 18.0 Å². The van der Waals surface area contributed by atoms with E-state index in [4.69, 9.17) is 9.47 Å². The Hall–Kier alpha value is -4.14. The zero-order chi connectivity index (χ0) is 24.8. The van der Waals surface area contributed by atoms with E-state index in [-0.39, 0.29) is 19.4 Å². The SMILES string of the molecule is COC(=O)/C=C/C[C@H](NC(=O)[C@@H](Cc1ccccc1)NC(=O)OCc1ccccc1)C(=O)OC. The van der Waals surface area contributed by atoms with Gasteiger partial charge in [-0.25, -0.2) is 14.4 Å². The van der Waals surface area contributed by atoms with Crippen LogP contribution in [0.5, 0.6) is 0 Å². The average molecular weight is 469 g/mol. The first-order valence-electron chi connectivity index (χ1n) is 10.6. The van der Waals surface area contributed by atoms with Crippen LogP contribution in [0.2, 0.25) is 0 Å². The van der Waals surface area contributed by atoms with Crippen LogP contribution in [-0.4, -0.2) is 50.2 Å². The molecule has 2 amide bonds. The number of hydrogen-bond donors (Lipinski definition) is 2. The fourth-order valence-corrected chi connectivity index (χ4v) is 2.96. The van der Waals surface area contributed by atoms with Crippen LogP contribution in [0.15, 0.2) is 72.8 Å². The molecule has 0 aromatic heterocycles. The van der Waals surface area contributed by atoms with Crippen molar-refractivity contribution in [2.75, 3.05) is 14.2 Å². The Morgan fingerprint density at radius 2 is 1.44 bits per heavy atom. The Bertz CT molecular complexity index is 977. The molecule has 0 aliphatic rings. The van der Waals surface area contributed by atoms with Crippen molar-refractivity contribution in [1.82, 2.24) is 10.6 Å². The second kappa shape index (κ2) is 14.1. The zero-order valence-electron chi connectivity index (χ0n) is 19.1. The summed E-state index contributed by atoms with van der Waals surface area (Å²) in [5.41, 5.74) is 1.59. The molecule has 0 unspecified atom stereocenters. The Morgan fingerprint density at radius 1 is 0.824 bits per heavy atom. The highest BCUT2D eigenvalue weighted by Gasteiger charge is 2.27. The van der Waals surface area contributed by atoms with E-state index >= 15 is 0 Å². The summed E-state index contributed by atoms with van der Waals surface area (Å²) < 4.78 is 14.5. The molecule has 0 aliphatic carbocycles. The molecular weight excluding hydrogens is 440 g/mol. The molecule has 0 radical (unpaired) electrons. The van der Waals surface area contributed by atoms with E-state index in [1.165, 1.54) is 20.3 Å². The van der Waals surface area contributed by atoms with Gasteiger partial charge in [-0.15, -0.1) is 0 Å². The van der Waals surface area contributed by atoms with Gasteiger partial charge in [-0.05, 0) is 17.5 Å². The monoisotopic (exact) mass is 468 g/mol. The minimum atomic E-state index is -1.07. The summed E-state index contributed by atoms with van der Waals surface area (Å²) >= 11 is 0. The minimum Gasteiger partial charge on any atom is -0.467 e. The highest BCUT2D eigenvalue weighted by Crippen LogP contribution is 2.07. The lowest BCUT2D eigenvalue weighted by molar-refractivity contribution is -0.145. The quantitative estimate of drug-likeness (QED) is 0.295. The van der Waals surface area contributed by atoms with Crippen LogP contribution in [0.1, 0.15) is 17.5 Å². The van der Waals surface area contributed by atoms with Crippen molar-refractivity contribution in [3.8, 4) is 0 Å². The van der Waals surface area contributed by atoms with Crippen molar-refractivity contribution in [2.24, 2.45) is 0 Å². The molecule has 2 aromatic rings. The Balaban J connectivity index is 2.09. The average Bonchev–Trinajstić information content (AvgIpc) is 2.87. The van der Waals surface area contributed by atoms with Crippen LogP contribution < -0.4 is 10.6 Å². The van der Waals surface area contributed by atoms with Gasteiger partial charge in [-0.3, -0.25) is 4.79 Å². The van der Waals surface area contributed by atoms with Gasteiger partial charge in [0.2, 0.25) is 5.91 Å². The van der Waals surface area contributed by atoms with Gasteiger partial charge in [0.15, 0.2) is 0 Å². The van der Waals surface area contributed by atoms with E-state index in [9.17, 15) is 19.2 Å². The molecular formula is C25H28N2O7. The third-order valence-corrected chi connectivity index (χ3v) is 4.73. The Kier molecular flexibility index (Phi) is 10.8. The van der Waals surface area contributed by atoms with Crippen molar-refractivity contribution in [3.63, 3.8) is 0 Å². The number of methoxy groups -OCH3 is 2. The molecule has 0 saturated carbocycles. The first-order valence-corrected chi connectivity index (χ1v) is 10.6. The van der Waals surface area contributed by atoms with E-state index in [0.717, 1.165) is 17.2 Å². The lowest BCUT2D eigenvalue weighted by atomic mass is 10.0. The van der Waals surface area contributed by atoms with E-state index in [2.05, 4.69) is 15.4 Å². The van der Waals surface area contributed by atoms with Crippen LogP contribution in [0, 0.1) is 0 Å². The molecule has 0 aliphatic heterocycles. The van der Waals surface area contributed by atoms with Gasteiger partial charge in [0.05, 0.1) is 14.2 Å². The predicted octanol–water partition coefficient (Wildman–Crippen LogP) is 2.30. The molecule has 34 heavy (non-hydrogen) atoms. The van der Waals surface area contributed by atoms with Crippen molar-refractivity contribution in [2.45, 2.75) is 31.5 Å². The van der Waals surface area contributed by atoms with Crippen LogP contribution in [0.25, 0.3) is 0 Å². The number of amides is 2. The summed E-state index contributed by atoms with van der Waals surface area (Å²) in [6.45, 7) is 0.0372. The molecule has 2 atom stereocenters. The van der Waals surface area contributed by atoms with Crippen LogP contribution in [0.4, 0.5) is 4.79 Å². The highest BCUT2D eigenvalue weighted by atomic mass is 16.5. The lowest BCUT2D eigenvalue weighted by Crippen LogP contribution is -2.52. The number of carbonyl (C=O) groups is 4. The third-order valence-electron chi connectivity index (χ3n) is 4.73. The standard InChI is InChI=1S/C25H28N2O7/c1-32-22(28)15-9-14-20(24(30)33-2)26-23(29)21(16-18-10-5-3-6-11-18)27-25(31)34-17-19-12-7-4-8-13-19/h3-13,15,20-21H,14,16-17H2,1-2H3,(H,26,29)(H,27,31)/b15-9+/t20-,21+/m0/s1. The second-order valence-corrected chi connectivity index (χ2v) is 7.19. The molecule has 9 heteroatoms. The van der Waals surface area contributed by atoms with Crippen LogP contribution >= 0.6 is 0 Å². The molecule has 9 nitrogen and oxygen atoms in total. The van der Waals surface area contributed by atoms with E-state index in [1.54, 1.807) is 0 Å². The van der Waals surface area contributed by atoms with Gasteiger partial charge in [-0.1, -0.05) is 66.7 Å². The molecule has 2 aromatic carbocycles. The van der Waals surface area contributed by atoms with E-state index < -0.39 is 36.0 Å². The van der Waals surface area contributed by atoms with Gasteiger partial charge in [0.1, 0.15) is 18.7 Å². The number of esters is 2. The number of alkyl carbamates (subject to hydrolysis) is 1. The Labute approximate surface area is 198 Å². The molecule has 0 fully saturated rings. The van der Waals surface area contributed by atoms with E-state index in [1.807, 2.05) is 60.7 Å². The minimum absolute atomic E-state index is 0.00990. The van der Waals surface area contributed by atoms with Crippen molar-refractivity contribution in [3.05, 3.63) is 83.9 Å². The number of ether oxygens (including phenoxy) is 3. The smallest absolute Gasteiger partial charge is 0.408 e.